The zero-order valence-electron chi connectivity index (χ0n) is 6.94. The van der Waals surface area contributed by atoms with Gasteiger partial charge in [-0.2, -0.15) is 0 Å². The lowest BCUT2D eigenvalue weighted by atomic mass is 10.1. The zero-order chi connectivity index (χ0) is 9.30. The average molecular weight is 232 g/mol. The number of carbonyl (C=O) groups is 1. The Morgan fingerprint density at radius 1 is 1.58 bits per heavy atom. The van der Waals surface area contributed by atoms with Crippen LogP contribution in [0.3, 0.4) is 0 Å². The molecule has 0 unspecified atom stereocenters. The molecular formula is C8H10BrNO2. The molecule has 0 saturated heterocycles. The van der Waals surface area contributed by atoms with Crippen LogP contribution >= 0.6 is 15.9 Å². The average Bonchev–Trinajstić information content (AvgIpc) is 2.16. The summed E-state index contributed by atoms with van der Waals surface area (Å²) >= 11 is 3.31. The molecule has 0 aliphatic rings. The van der Waals surface area contributed by atoms with Gasteiger partial charge >= 0.3 is 5.97 Å². The van der Waals surface area contributed by atoms with Crippen molar-refractivity contribution in [2.45, 2.75) is 20.3 Å². The second kappa shape index (κ2) is 3.31. The predicted molar refractivity (Wildman–Crippen MR) is 49.3 cm³/mol. The van der Waals surface area contributed by atoms with E-state index in [0.717, 1.165) is 21.4 Å². The molecule has 0 fully saturated rings. The van der Waals surface area contributed by atoms with E-state index in [1.54, 1.807) is 0 Å². The van der Waals surface area contributed by atoms with Crippen LogP contribution in [0.25, 0.3) is 0 Å². The van der Waals surface area contributed by atoms with Gasteiger partial charge in [0.25, 0.3) is 0 Å². The van der Waals surface area contributed by atoms with Gasteiger partial charge in [-0.1, -0.05) is 0 Å². The molecule has 1 rings (SSSR count). The Labute approximate surface area is 78.9 Å². The fourth-order valence-electron chi connectivity index (χ4n) is 1.16. The minimum Gasteiger partial charge on any atom is -0.481 e. The molecule has 4 heteroatoms. The quantitative estimate of drug-likeness (QED) is 0.819. The number of carboxylic acid groups (broad SMARTS) is 1. The molecule has 0 saturated carbocycles. The van der Waals surface area contributed by atoms with Crippen LogP contribution in [0, 0.1) is 13.8 Å². The summed E-state index contributed by atoms with van der Waals surface area (Å²) < 4.78 is 0.872. The maximum atomic E-state index is 10.5. The minimum atomic E-state index is -0.798. The zero-order valence-corrected chi connectivity index (χ0v) is 8.53. The molecule has 0 spiro atoms. The number of aromatic nitrogens is 1. The smallest absolute Gasteiger partial charge is 0.307 e. The maximum Gasteiger partial charge on any atom is 0.307 e. The number of halogens is 1. The van der Waals surface area contributed by atoms with Gasteiger partial charge in [0.05, 0.1) is 11.0 Å². The Morgan fingerprint density at radius 3 is 2.50 bits per heavy atom. The summed E-state index contributed by atoms with van der Waals surface area (Å²) in [5.41, 5.74) is 2.77. The minimum absolute atomic E-state index is 0.0831. The van der Waals surface area contributed by atoms with Crippen LogP contribution in [-0.2, 0) is 11.2 Å². The number of H-pyrrole nitrogens is 1. The third kappa shape index (κ3) is 1.69. The fourth-order valence-corrected chi connectivity index (χ4v) is 1.70. The predicted octanol–water partition coefficient (Wildman–Crippen LogP) is 2.02. The first kappa shape index (κ1) is 9.32. The maximum absolute atomic E-state index is 10.5. The number of rotatable bonds is 2. The number of hydrogen-bond donors (Lipinski definition) is 2. The molecule has 66 valence electrons. The number of aliphatic carboxylic acids is 1. The van der Waals surface area contributed by atoms with Gasteiger partial charge in [-0.05, 0) is 40.9 Å². The molecule has 1 aromatic rings. The van der Waals surface area contributed by atoms with Crippen LogP contribution in [-0.4, -0.2) is 16.1 Å². The number of aryl methyl sites for hydroxylation is 1. The van der Waals surface area contributed by atoms with E-state index >= 15 is 0 Å². The highest BCUT2D eigenvalue weighted by atomic mass is 79.9. The van der Waals surface area contributed by atoms with E-state index in [1.165, 1.54) is 0 Å². The molecule has 2 N–H and O–H groups in total. The highest BCUT2D eigenvalue weighted by Crippen LogP contribution is 2.22. The van der Waals surface area contributed by atoms with E-state index in [4.69, 9.17) is 5.11 Å². The largest absolute Gasteiger partial charge is 0.481 e. The molecule has 0 aliphatic heterocycles. The first-order chi connectivity index (χ1) is 5.52. The molecule has 0 aliphatic carbocycles. The second-order valence-corrected chi connectivity index (χ2v) is 3.53. The standard InChI is InChI=1S/C8H10BrNO2/c1-4-6(3-7(11)12)5(2)10-8(4)9/h10H,3H2,1-2H3,(H,11,12). The molecule has 3 nitrogen and oxygen atoms in total. The third-order valence-corrected chi connectivity index (χ3v) is 2.65. The van der Waals surface area contributed by atoms with Gasteiger partial charge in [0.2, 0.25) is 0 Å². The van der Waals surface area contributed by atoms with E-state index in [9.17, 15) is 4.79 Å². The number of hydrogen-bond acceptors (Lipinski definition) is 1. The van der Waals surface area contributed by atoms with Gasteiger partial charge in [-0.25, -0.2) is 0 Å². The van der Waals surface area contributed by atoms with E-state index in [-0.39, 0.29) is 6.42 Å². The van der Waals surface area contributed by atoms with Crippen molar-refractivity contribution in [2.75, 3.05) is 0 Å². The highest BCUT2D eigenvalue weighted by molar-refractivity contribution is 9.10. The van der Waals surface area contributed by atoms with Gasteiger partial charge < -0.3 is 10.1 Å². The summed E-state index contributed by atoms with van der Waals surface area (Å²) in [5.74, 6) is -0.798. The molecular weight excluding hydrogens is 222 g/mol. The van der Waals surface area contributed by atoms with Crippen molar-refractivity contribution in [3.63, 3.8) is 0 Å². The van der Waals surface area contributed by atoms with Crippen molar-refractivity contribution in [2.24, 2.45) is 0 Å². The Morgan fingerprint density at radius 2 is 2.17 bits per heavy atom. The van der Waals surface area contributed by atoms with Crippen molar-refractivity contribution >= 4 is 21.9 Å². The summed E-state index contributed by atoms with van der Waals surface area (Å²) in [7, 11) is 0. The highest BCUT2D eigenvalue weighted by Gasteiger charge is 2.11. The Balaban J connectivity index is 3.05. The van der Waals surface area contributed by atoms with Crippen LogP contribution < -0.4 is 0 Å². The van der Waals surface area contributed by atoms with E-state index in [2.05, 4.69) is 20.9 Å². The normalized spacial score (nSPS) is 10.2. The molecule has 1 heterocycles. The van der Waals surface area contributed by atoms with Crippen molar-refractivity contribution in [1.29, 1.82) is 0 Å². The molecule has 0 bridgehead atoms. The van der Waals surface area contributed by atoms with Crippen molar-refractivity contribution in [3.8, 4) is 0 Å². The SMILES string of the molecule is Cc1[nH]c(Br)c(C)c1CC(=O)O. The van der Waals surface area contributed by atoms with Gasteiger partial charge in [0.1, 0.15) is 0 Å². The second-order valence-electron chi connectivity index (χ2n) is 2.74. The lowest BCUT2D eigenvalue weighted by molar-refractivity contribution is -0.136. The summed E-state index contributed by atoms with van der Waals surface area (Å²) in [6, 6.07) is 0. The van der Waals surface area contributed by atoms with Crippen LogP contribution in [0.1, 0.15) is 16.8 Å². The van der Waals surface area contributed by atoms with Crippen LogP contribution in [0.5, 0.6) is 0 Å². The monoisotopic (exact) mass is 231 g/mol. The van der Waals surface area contributed by atoms with Gasteiger partial charge in [0, 0.05) is 5.69 Å². The molecule has 0 atom stereocenters. The van der Waals surface area contributed by atoms with Crippen molar-refractivity contribution in [1.82, 2.24) is 4.98 Å². The fraction of sp³-hybridized carbons (Fsp3) is 0.375. The van der Waals surface area contributed by atoms with Crippen LogP contribution in [0.4, 0.5) is 0 Å². The number of nitrogens with one attached hydrogen (secondary N) is 1. The molecule has 0 amide bonds. The van der Waals surface area contributed by atoms with Gasteiger partial charge in [-0.3, -0.25) is 4.79 Å². The summed E-state index contributed by atoms with van der Waals surface area (Å²) in [6.45, 7) is 3.77. The lowest BCUT2D eigenvalue weighted by Crippen LogP contribution is -2.01. The lowest BCUT2D eigenvalue weighted by Gasteiger charge is -1.96. The third-order valence-electron chi connectivity index (χ3n) is 1.86. The molecule has 0 aromatic carbocycles. The van der Waals surface area contributed by atoms with Crippen molar-refractivity contribution in [3.05, 3.63) is 21.4 Å². The van der Waals surface area contributed by atoms with Crippen LogP contribution in [0.15, 0.2) is 4.60 Å². The number of carboxylic acids is 1. The van der Waals surface area contributed by atoms with Crippen molar-refractivity contribution < 1.29 is 9.90 Å². The summed E-state index contributed by atoms with van der Waals surface area (Å²) in [4.78, 5) is 13.5. The van der Waals surface area contributed by atoms with Gasteiger partial charge in [-0.15, -0.1) is 0 Å². The van der Waals surface area contributed by atoms with E-state index in [0.29, 0.717) is 0 Å². The molecule has 1 aromatic heterocycles. The first-order valence-electron chi connectivity index (χ1n) is 3.57. The Bertz CT molecular complexity index is 317. The van der Waals surface area contributed by atoms with Crippen LogP contribution in [0.2, 0.25) is 0 Å². The van der Waals surface area contributed by atoms with Gasteiger partial charge in [0.15, 0.2) is 0 Å². The molecule has 0 radical (unpaired) electrons. The Kier molecular flexibility index (Phi) is 2.57. The Hall–Kier alpha value is -0.770. The molecule has 12 heavy (non-hydrogen) atoms. The first-order valence-corrected chi connectivity index (χ1v) is 4.37. The van der Waals surface area contributed by atoms with E-state index in [1.807, 2.05) is 13.8 Å². The van der Waals surface area contributed by atoms with E-state index < -0.39 is 5.97 Å². The summed E-state index contributed by atoms with van der Waals surface area (Å²) in [5, 5.41) is 8.60. The number of aromatic amines is 1. The summed E-state index contributed by atoms with van der Waals surface area (Å²) in [6.07, 6.45) is 0.0831. The topological polar surface area (TPSA) is 53.1 Å².